The fraction of sp³-hybridized carbons (Fsp3) is 0.636. The van der Waals surface area contributed by atoms with Crippen LogP contribution >= 0.6 is 34.7 Å². The molecule has 21 heavy (non-hydrogen) atoms. The highest BCUT2D eigenvalue weighted by Gasteiger charge is 2.29. The lowest BCUT2D eigenvalue weighted by Crippen LogP contribution is -2.38. The Bertz CT molecular complexity index is 631. The summed E-state index contributed by atoms with van der Waals surface area (Å²) >= 11 is 8.17. The molecule has 0 aliphatic heterocycles. The van der Waals surface area contributed by atoms with E-state index in [1.54, 1.807) is 11.8 Å². The molecule has 0 amide bonds. The second-order valence-electron chi connectivity index (χ2n) is 4.82. The maximum atomic E-state index is 12.3. The average molecular weight is 371 g/mol. The molecule has 1 aliphatic rings. The van der Waals surface area contributed by atoms with Crippen LogP contribution in [0.2, 0.25) is 4.34 Å². The molecule has 6 nitrogen and oxygen atoms in total. The van der Waals surface area contributed by atoms with E-state index in [2.05, 4.69) is 4.72 Å². The molecule has 2 unspecified atom stereocenters. The highest BCUT2D eigenvalue weighted by atomic mass is 35.5. The van der Waals surface area contributed by atoms with Crippen molar-refractivity contribution in [2.45, 2.75) is 41.2 Å². The average Bonchev–Trinajstić information content (AvgIpc) is 2.81. The van der Waals surface area contributed by atoms with Gasteiger partial charge in [-0.3, -0.25) is 10.1 Å². The van der Waals surface area contributed by atoms with E-state index in [0.29, 0.717) is 16.6 Å². The molecule has 1 saturated carbocycles. The molecule has 118 valence electrons. The zero-order valence-electron chi connectivity index (χ0n) is 11.2. The Balaban J connectivity index is 2.15. The van der Waals surface area contributed by atoms with Gasteiger partial charge < -0.3 is 0 Å². The molecular formula is C11H15ClN2O4S3. The molecule has 0 radical (unpaired) electrons. The zero-order valence-corrected chi connectivity index (χ0v) is 14.4. The van der Waals surface area contributed by atoms with Crippen LogP contribution in [0.1, 0.15) is 25.7 Å². The molecule has 10 heteroatoms. The van der Waals surface area contributed by atoms with Crippen LogP contribution in [0.15, 0.2) is 10.3 Å². The van der Waals surface area contributed by atoms with Gasteiger partial charge in [0.2, 0.25) is 0 Å². The first-order valence-electron chi connectivity index (χ1n) is 6.32. The van der Waals surface area contributed by atoms with Gasteiger partial charge in [0.1, 0.15) is 4.21 Å². The molecule has 0 spiro atoms. The quantitative estimate of drug-likeness (QED) is 0.634. The van der Waals surface area contributed by atoms with Crippen molar-refractivity contribution in [2.75, 3.05) is 6.26 Å². The summed E-state index contributed by atoms with van der Waals surface area (Å²) in [5.41, 5.74) is -0.368. The van der Waals surface area contributed by atoms with Gasteiger partial charge in [0.25, 0.3) is 15.7 Å². The molecule has 1 aromatic rings. The Morgan fingerprint density at radius 2 is 2.24 bits per heavy atom. The van der Waals surface area contributed by atoms with Crippen molar-refractivity contribution in [1.29, 1.82) is 0 Å². The second-order valence-corrected chi connectivity index (χ2v) is 9.56. The van der Waals surface area contributed by atoms with E-state index in [0.717, 1.165) is 31.7 Å². The van der Waals surface area contributed by atoms with Crippen molar-refractivity contribution >= 4 is 50.4 Å². The fourth-order valence-corrected chi connectivity index (χ4v) is 6.13. The molecule has 2 atom stereocenters. The van der Waals surface area contributed by atoms with Crippen LogP contribution < -0.4 is 4.72 Å². The van der Waals surface area contributed by atoms with Crippen LogP contribution in [-0.2, 0) is 10.0 Å². The molecule has 1 N–H and O–H groups in total. The molecular weight excluding hydrogens is 356 g/mol. The maximum absolute atomic E-state index is 12.3. The van der Waals surface area contributed by atoms with E-state index in [9.17, 15) is 18.5 Å². The van der Waals surface area contributed by atoms with Gasteiger partial charge in [-0.25, -0.2) is 13.1 Å². The summed E-state index contributed by atoms with van der Waals surface area (Å²) in [4.78, 5) is 10.1. The molecule has 1 aromatic heterocycles. The number of thiophene rings is 1. The van der Waals surface area contributed by atoms with Gasteiger partial charge in [-0.15, -0.1) is 11.3 Å². The Kier molecular flexibility index (Phi) is 5.53. The normalized spacial score (nSPS) is 23.1. The number of sulfonamides is 1. The Morgan fingerprint density at radius 3 is 2.81 bits per heavy atom. The molecule has 1 fully saturated rings. The summed E-state index contributed by atoms with van der Waals surface area (Å²) < 4.78 is 27.0. The summed E-state index contributed by atoms with van der Waals surface area (Å²) in [6.45, 7) is 0. The van der Waals surface area contributed by atoms with Crippen LogP contribution in [-0.4, -0.2) is 30.9 Å². The number of nitrogens with one attached hydrogen (secondary N) is 1. The van der Waals surface area contributed by atoms with Crippen molar-refractivity contribution in [3.05, 3.63) is 20.5 Å². The van der Waals surface area contributed by atoms with Gasteiger partial charge in [-0.1, -0.05) is 18.0 Å². The molecule has 1 heterocycles. The van der Waals surface area contributed by atoms with Crippen molar-refractivity contribution < 1.29 is 13.3 Å². The van der Waals surface area contributed by atoms with Crippen LogP contribution in [0, 0.1) is 10.1 Å². The van der Waals surface area contributed by atoms with Crippen LogP contribution in [0.25, 0.3) is 0 Å². The third-order valence-corrected chi connectivity index (χ3v) is 7.82. The Labute approximate surface area is 136 Å². The van der Waals surface area contributed by atoms with Gasteiger partial charge in [-0.05, 0) is 25.5 Å². The summed E-state index contributed by atoms with van der Waals surface area (Å²) in [6, 6.07) is 0.894. The number of nitro groups is 1. The summed E-state index contributed by atoms with van der Waals surface area (Å²) in [5.74, 6) is 0. The number of nitrogens with zero attached hydrogens (tertiary/aromatic N) is 1. The number of rotatable bonds is 5. The topological polar surface area (TPSA) is 89.3 Å². The minimum atomic E-state index is -3.76. The van der Waals surface area contributed by atoms with Crippen molar-refractivity contribution in [3.8, 4) is 0 Å². The molecule has 0 bridgehead atoms. The molecule has 0 aromatic carbocycles. The number of halogens is 1. The van der Waals surface area contributed by atoms with Gasteiger partial charge in [-0.2, -0.15) is 11.8 Å². The standard InChI is InChI=1S/C11H15ClN2O4S3/c1-19-8-4-2-3-7(5-8)13-21(17,18)10-6-9(14(15)16)11(12)20-10/h6-8,13H,2-5H2,1H3. The minimum absolute atomic E-state index is 0.106. The van der Waals surface area contributed by atoms with Crippen LogP contribution in [0.5, 0.6) is 0 Å². The Hall–Kier alpha value is -0.350. The van der Waals surface area contributed by atoms with E-state index < -0.39 is 14.9 Å². The van der Waals surface area contributed by atoms with Crippen LogP contribution in [0.4, 0.5) is 5.69 Å². The van der Waals surface area contributed by atoms with Crippen molar-refractivity contribution in [2.24, 2.45) is 0 Å². The Morgan fingerprint density at radius 1 is 1.52 bits per heavy atom. The second kappa shape index (κ2) is 6.82. The van der Waals surface area contributed by atoms with Gasteiger partial charge >= 0.3 is 0 Å². The maximum Gasteiger partial charge on any atom is 0.300 e. The lowest BCUT2D eigenvalue weighted by molar-refractivity contribution is -0.384. The first-order valence-corrected chi connectivity index (χ1v) is 10.3. The van der Waals surface area contributed by atoms with E-state index in [1.165, 1.54) is 0 Å². The minimum Gasteiger partial charge on any atom is -0.258 e. The number of hydrogen-bond acceptors (Lipinski definition) is 6. The number of hydrogen-bond donors (Lipinski definition) is 1. The smallest absolute Gasteiger partial charge is 0.258 e. The zero-order chi connectivity index (χ0) is 15.6. The summed E-state index contributed by atoms with van der Waals surface area (Å²) in [6.07, 6.45) is 5.66. The highest BCUT2D eigenvalue weighted by molar-refractivity contribution is 7.99. The van der Waals surface area contributed by atoms with E-state index in [-0.39, 0.29) is 20.3 Å². The van der Waals surface area contributed by atoms with Crippen molar-refractivity contribution in [3.63, 3.8) is 0 Å². The van der Waals surface area contributed by atoms with E-state index >= 15 is 0 Å². The number of thioether (sulfide) groups is 1. The first-order chi connectivity index (χ1) is 9.83. The third-order valence-electron chi connectivity index (χ3n) is 3.39. The largest absolute Gasteiger partial charge is 0.300 e. The SMILES string of the molecule is CSC1CCCC(NS(=O)(=O)c2cc([N+](=O)[O-])c(Cl)s2)C1. The predicted molar refractivity (Wildman–Crippen MR) is 85.9 cm³/mol. The lowest BCUT2D eigenvalue weighted by atomic mass is 9.96. The molecule has 1 aliphatic carbocycles. The van der Waals surface area contributed by atoms with Crippen LogP contribution in [0.3, 0.4) is 0 Å². The van der Waals surface area contributed by atoms with E-state index in [4.69, 9.17) is 11.6 Å². The van der Waals surface area contributed by atoms with E-state index in [1.807, 2.05) is 6.26 Å². The van der Waals surface area contributed by atoms with Gasteiger partial charge in [0, 0.05) is 17.4 Å². The van der Waals surface area contributed by atoms with Gasteiger partial charge in [0.15, 0.2) is 4.34 Å². The van der Waals surface area contributed by atoms with Gasteiger partial charge in [0.05, 0.1) is 4.92 Å². The monoisotopic (exact) mass is 370 g/mol. The first kappa shape index (κ1) is 17.0. The fourth-order valence-electron chi connectivity index (χ4n) is 2.34. The molecule has 2 rings (SSSR count). The lowest BCUT2D eigenvalue weighted by Gasteiger charge is -2.28. The summed E-state index contributed by atoms with van der Waals surface area (Å²) in [5, 5.41) is 11.2. The highest BCUT2D eigenvalue weighted by Crippen LogP contribution is 2.36. The molecule has 0 saturated heterocycles. The summed E-state index contributed by atoms with van der Waals surface area (Å²) in [7, 11) is -3.76. The van der Waals surface area contributed by atoms with Crippen molar-refractivity contribution in [1.82, 2.24) is 4.72 Å². The predicted octanol–water partition coefficient (Wildman–Crippen LogP) is 3.26. The third kappa shape index (κ3) is 4.10.